The average Bonchev–Trinajstić information content (AvgIpc) is 3.18. The molecule has 33 heavy (non-hydrogen) atoms. The Balaban J connectivity index is 1.67. The number of benzene rings is 3. The van der Waals surface area contributed by atoms with Gasteiger partial charge in [0.05, 0.1) is 32.0 Å². The van der Waals surface area contributed by atoms with E-state index in [-0.39, 0.29) is 5.82 Å². The van der Waals surface area contributed by atoms with Crippen molar-refractivity contribution in [2.24, 2.45) is 0 Å². The number of methoxy groups -OCH3 is 1. The molecule has 5 nitrogen and oxygen atoms in total. The largest absolute Gasteiger partial charge is 0.497 e. The van der Waals surface area contributed by atoms with Crippen molar-refractivity contribution in [2.45, 2.75) is 18.4 Å². The number of hydrogen-bond donors (Lipinski definition) is 0. The number of rotatable bonds is 9. The maximum absolute atomic E-state index is 13.6. The van der Waals surface area contributed by atoms with Gasteiger partial charge in [-0.15, -0.1) is 0 Å². The molecule has 1 aromatic heterocycles. The molecule has 0 aliphatic carbocycles. The van der Waals surface area contributed by atoms with Crippen LogP contribution in [0.1, 0.15) is 11.3 Å². The van der Waals surface area contributed by atoms with Crippen LogP contribution in [0.2, 0.25) is 0 Å². The minimum atomic E-state index is -0.271. The van der Waals surface area contributed by atoms with Crippen molar-refractivity contribution in [3.05, 3.63) is 95.9 Å². The topological polar surface area (TPSA) is 41.9 Å². The van der Waals surface area contributed by atoms with Gasteiger partial charge in [0.25, 0.3) is 0 Å². The van der Waals surface area contributed by atoms with Gasteiger partial charge in [-0.2, -0.15) is 4.33 Å². The predicted molar refractivity (Wildman–Crippen MR) is 127 cm³/mol. The molecule has 0 amide bonds. The fraction of sp³-hybridized carbons (Fsp3) is 0.154. The lowest BCUT2D eigenvalue weighted by atomic mass is 10.1. The highest BCUT2D eigenvalue weighted by Crippen LogP contribution is 2.32. The summed E-state index contributed by atoms with van der Waals surface area (Å²) in [5.41, 5.74) is 4.93. The summed E-state index contributed by atoms with van der Waals surface area (Å²) in [4.78, 5) is 5.57. The third-order valence-corrected chi connectivity index (χ3v) is 5.91. The van der Waals surface area contributed by atoms with Gasteiger partial charge in [0.2, 0.25) is 0 Å². The zero-order valence-electron chi connectivity index (χ0n) is 18.6. The Kier molecular flexibility index (Phi) is 7.34. The maximum atomic E-state index is 13.6. The Labute approximate surface area is 196 Å². The Hall–Kier alpha value is -3.26. The summed E-state index contributed by atoms with van der Waals surface area (Å²) in [6.45, 7) is 2.44. The maximum Gasteiger partial charge on any atom is 0.123 e. The van der Waals surface area contributed by atoms with Crippen molar-refractivity contribution in [3.63, 3.8) is 0 Å². The SMILES string of the molecule is COOSc1ccc(-c2cc(COc3ccc(OC)cc3)c(C)n2-c2ccc(F)cc2)cc1. The third kappa shape index (κ3) is 5.39. The van der Waals surface area contributed by atoms with Gasteiger partial charge in [-0.05, 0) is 79.2 Å². The van der Waals surface area contributed by atoms with Crippen LogP contribution in [0.3, 0.4) is 0 Å². The molecule has 0 N–H and O–H groups in total. The Bertz CT molecular complexity index is 1190. The molecular weight excluding hydrogens is 441 g/mol. The quantitative estimate of drug-likeness (QED) is 0.155. The number of nitrogens with zero attached hydrogens (tertiary/aromatic N) is 1. The summed E-state index contributed by atoms with van der Waals surface area (Å²) in [6, 6.07) is 24.0. The van der Waals surface area contributed by atoms with Gasteiger partial charge in [0, 0.05) is 21.8 Å². The van der Waals surface area contributed by atoms with E-state index in [1.165, 1.54) is 19.2 Å². The van der Waals surface area contributed by atoms with Crippen molar-refractivity contribution < 1.29 is 23.1 Å². The lowest BCUT2D eigenvalue weighted by Gasteiger charge is -2.13. The van der Waals surface area contributed by atoms with Crippen LogP contribution < -0.4 is 9.47 Å². The fourth-order valence-electron chi connectivity index (χ4n) is 3.53. The molecule has 0 bridgehead atoms. The number of halogens is 1. The van der Waals surface area contributed by atoms with E-state index in [1.54, 1.807) is 19.2 Å². The van der Waals surface area contributed by atoms with E-state index in [0.717, 1.165) is 56.6 Å². The second-order valence-electron chi connectivity index (χ2n) is 7.26. The number of aromatic nitrogens is 1. The molecule has 0 radical (unpaired) electrons. The first-order valence-corrected chi connectivity index (χ1v) is 11.0. The van der Waals surface area contributed by atoms with Gasteiger partial charge in [-0.3, -0.25) is 0 Å². The van der Waals surface area contributed by atoms with Crippen LogP contribution in [0.4, 0.5) is 4.39 Å². The first kappa shape index (κ1) is 22.9. The zero-order chi connectivity index (χ0) is 23.2. The highest BCUT2D eigenvalue weighted by molar-refractivity contribution is 7.94. The summed E-state index contributed by atoms with van der Waals surface area (Å²) in [6.07, 6.45) is 0. The van der Waals surface area contributed by atoms with Crippen LogP contribution in [-0.4, -0.2) is 18.8 Å². The van der Waals surface area contributed by atoms with Gasteiger partial charge in [0.1, 0.15) is 23.9 Å². The summed E-state index contributed by atoms with van der Waals surface area (Å²) in [5.74, 6) is 1.26. The Morgan fingerprint density at radius 1 is 0.848 bits per heavy atom. The van der Waals surface area contributed by atoms with Crippen LogP contribution in [0.5, 0.6) is 11.5 Å². The molecule has 4 rings (SSSR count). The van der Waals surface area contributed by atoms with Crippen LogP contribution in [0.25, 0.3) is 16.9 Å². The van der Waals surface area contributed by atoms with E-state index in [1.807, 2.05) is 55.5 Å². The standard InChI is InChI=1S/C26H24FNO4S/c1-18-20(17-31-24-12-10-23(29-2)11-13-24)16-26(28(18)22-8-6-21(27)7-9-22)19-4-14-25(15-5-19)33-32-30-3/h4-16H,17H2,1-3H3. The number of ether oxygens (including phenoxy) is 2. The van der Waals surface area contributed by atoms with Crippen LogP contribution in [-0.2, 0) is 15.8 Å². The molecule has 0 unspecified atom stereocenters. The van der Waals surface area contributed by atoms with Crippen LogP contribution >= 0.6 is 12.0 Å². The first-order valence-electron chi connectivity index (χ1n) is 10.3. The molecule has 0 aliphatic rings. The average molecular weight is 466 g/mol. The predicted octanol–water partition coefficient (Wildman–Crippen LogP) is 6.76. The molecular formula is C26H24FNO4S. The van der Waals surface area contributed by atoms with Gasteiger partial charge in [0.15, 0.2) is 0 Å². The van der Waals surface area contributed by atoms with E-state index >= 15 is 0 Å². The van der Waals surface area contributed by atoms with Crippen molar-refractivity contribution in [2.75, 3.05) is 14.2 Å². The van der Waals surface area contributed by atoms with Crippen LogP contribution in [0.15, 0.2) is 83.8 Å². The third-order valence-electron chi connectivity index (χ3n) is 5.24. The summed E-state index contributed by atoms with van der Waals surface area (Å²) < 4.78 is 31.9. The monoisotopic (exact) mass is 465 g/mol. The fourth-order valence-corrected chi connectivity index (χ4v) is 3.92. The van der Waals surface area contributed by atoms with E-state index in [4.69, 9.17) is 13.8 Å². The van der Waals surface area contributed by atoms with E-state index in [2.05, 4.69) is 15.5 Å². The van der Waals surface area contributed by atoms with Gasteiger partial charge in [-0.1, -0.05) is 12.1 Å². The lowest BCUT2D eigenvalue weighted by molar-refractivity contribution is -0.160. The van der Waals surface area contributed by atoms with Crippen molar-refractivity contribution in [1.29, 1.82) is 0 Å². The second kappa shape index (κ2) is 10.6. The van der Waals surface area contributed by atoms with E-state index < -0.39 is 0 Å². The van der Waals surface area contributed by atoms with Crippen molar-refractivity contribution in [1.82, 2.24) is 4.57 Å². The molecule has 0 atom stereocenters. The van der Waals surface area contributed by atoms with E-state index in [0.29, 0.717) is 6.61 Å². The Morgan fingerprint density at radius 2 is 1.52 bits per heavy atom. The molecule has 1 heterocycles. The molecule has 0 saturated carbocycles. The number of hydrogen-bond acceptors (Lipinski definition) is 5. The van der Waals surface area contributed by atoms with Crippen LogP contribution in [0, 0.1) is 12.7 Å². The van der Waals surface area contributed by atoms with Gasteiger partial charge < -0.3 is 14.0 Å². The zero-order valence-corrected chi connectivity index (χ0v) is 19.4. The minimum Gasteiger partial charge on any atom is -0.497 e. The summed E-state index contributed by atoms with van der Waals surface area (Å²) >= 11 is 1.14. The Morgan fingerprint density at radius 3 is 2.15 bits per heavy atom. The van der Waals surface area contributed by atoms with E-state index in [9.17, 15) is 4.39 Å². The second-order valence-corrected chi connectivity index (χ2v) is 8.03. The minimum absolute atomic E-state index is 0.271. The van der Waals surface area contributed by atoms with Gasteiger partial charge in [-0.25, -0.2) is 9.28 Å². The lowest BCUT2D eigenvalue weighted by Crippen LogP contribution is -2.01. The molecule has 0 saturated heterocycles. The summed E-state index contributed by atoms with van der Waals surface area (Å²) in [7, 11) is 3.10. The van der Waals surface area contributed by atoms with Gasteiger partial charge >= 0.3 is 0 Å². The highest BCUT2D eigenvalue weighted by atomic mass is 32.2. The van der Waals surface area contributed by atoms with Crippen molar-refractivity contribution >= 4 is 12.0 Å². The molecule has 170 valence electrons. The summed E-state index contributed by atoms with van der Waals surface area (Å²) in [5, 5.41) is 0. The molecule has 7 heteroatoms. The first-order chi connectivity index (χ1) is 16.1. The smallest absolute Gasteiger partial charge is 0.123 e. The molecule has 4 aromatic rings. The molecule has 0 fully saturated rings. The highest BCUT2D eigenvalue weighted by Gasteiger charge is 2.16. The van der Waals surface area contributed by atoms with Crippen molar-refractivity contribution in [3.8, 4) is 28.4 Å². The normalized spacial score (nSPS) is 10.9. The molecule has 0 aliphatic heterocycles. The molecule has 3 aromatic carbocycles. The molecule has 0 spiro atoms.